The predicted octanol–water partition coefficient (Wildman–Crippen LogP) is 3.86. The molecule has 1 unspecified atom stereocenters. The average Bonchev–Trinajstić information content (AvgIpc) is 3.59. The lowest BCUT2D eigenvalue weighted by Crippen LogP contribution is -2.33. The molecular weight excluding hydrogens is 374 g/mol. The van der Waals surface area contributed by atoms with Crippen LogP contribution in [0.2, 0.25) is 0 Å². The number of benzene rings is 3. The molecule has 1 fully saturated rings. The predicted molar refractivity (Wildman–Crippen MR) is 118 cm³/mol. The van der Waals surface area contributed by atoms with Crippen LogP contribution in [0.5, 0.6) is 5.75 Å². The summed E-state index contributed by atoms with van der Waals surface area (Å²) in [6.07, 6.45) is 1.03. The van der Waals surface area contributed by atoms with E-state index >= 15 is 0 Å². The lowest BCUT2D eigenvalue weighted by molar-refractivity contribution is 0.0951. The number of carbonyl (C=O) groups excluding carboxylic acids is 1. The van der Waals surface area contributed by atoms with E-state index < -0.39 is 0 Å². The maximum Gasteiger partial charge on any atom is 0.251 e. The zero-order valence-corrected chi connectivity index (χ0v) is 17.1. The number of hydrogen-bond donors (Lipinski definition) is 2. The molecule has 3 aromatic rings. The Hall–Kier alpha value is -3.15. The van der Waals surface area contributed by atoms with Gasteiger partial charge in [-0.1, -0.05) is 54.6 Å². The highest BCUT2D eigenvalue weighted by atomic mass is 16.5. The van der Waals surface area contributed by atoms with E-state index in [2.05, 4.69) is 11.4 Å². The standard InChI is InChI=1S/C25H27N3O2/c1-30-22-9-5-8-19(14-22)17-28(26)24-15-23(24)20-10-12-21(13-11-20)25(29)27-16-18-6-3-2-4-7-18/h2-14,23-24H,15-17,26H2,1H3,(H,27,29)/t23-,24?/m0/s1. The molecular formula is C25H27N3O2. The minimum Gasteiger partial charge on any atom is -0.497 e. The fourth-order valence-corrected chi connectivity index (χ4v) is 3.77. The van der Waals surface area contributed by atoms with Crippen LogP contribution in [0.3, 0.4) is 0 Å². The zero-order valence-electron chi connectivity index (χ0n) is 17.1. The Morgan fingerprint density at radius 1 is 1.03 bits per heavy atom. The van der Waals surface area contributed by atoms with E-state index in [0.717, 1.165) is 23.3 Å². The molecule has 5 heteroatoms. The van der Waals surface area contributed by atoms with Crippen molar-refractivity contribution in [3.8, 4) is 5.75 Å². The smallest absolute Gasteiger partial charge is 0.251 e. The minimum atomic E-state index is -0.0590. The summed E-state index contributed by atoms with van der Waals surface area (Å²) in [5.74, 6) is 7.52. The van der Waals surface area contributed by atoms with E-state index in [-0.39, 0.29) is 5.91 Å². The first kappa shape index (κ1) is 20.1. The average molecular weight is 402 g/mol. The van der Waals surface area contributed by atoms with Gasteiger partial charge in [0.05, 0.1) is 7.11 Å². The van der Waals surface area contributed by atoms with Crippen molar-refractivity contribution in [3.05, 3.63) is 101 Å². The molecule has 1 amide bonds. The fraction of sp³-hybridized carbons (Fsp3) is 0.240. The molecule has 30 heavy (non-hydrogen) atoms. The van der Waals surface area contributed by atoms with Crippen LogP contribution in [-0.4, -0.2) is 24.1 Å². The molecule has 3 N–H and O–H groups in total. The van der Waals surface area contributed by atoms with Crippen molar-refractivity contribution in [3.63, 3.8) is 0 Å². The van der Waals surface area contributed by atoms with Gasteiger partial charge in [0.1, 0.15) is 5.75 Å². The molecule has 3 aromatic carbocycles. The molecule has 0 saturated heterocycles. The number of nitrogens with two attached hydrogens (primary N) is 1. The van der Waals surface area contributed by atoms with Crippen LogP contribution < -0.4 is 15.9 Å². The van der Waals surface area contributed by atoms with Crippen LogP contribution in [0.1, 0.15) is 39.4 Å². The van der Waals surface area contributed by atoms with E-state index in [4.69, 9.17) is 10.6 Å². The summed E-state index contributed by atoms with van der Waals surface area (Å²) in [5, 5.41) is 4.87. The maximum absolute atomic E-state index is 12.4. The van der Waals surface area contributed by atoms with Crippen LogP contribution in [0.4, 0.5) is 0 Å². The quantitative estimate of drug-likeness (QED) is 0.444. The zero-order chi connectivity index (χ0) is 20.9. The first-order valence-corrected chi connectivity index (χ1v) is 10.2. The molecule has 0 radical (unpaired) electrons. The third-order valence-corrected chi connectivity index (χ3v) is 5.58. The van der Waals surface area contributed by atoms with Crippen molar-refractivity contribution < 1.29 is 9.53 Å². The Kier molecular flexibility index (Phi) is 6.12. The molecule has 1 aliphatic rings. The van der Waals surface area contributed by atoms with Gasteiger partial charge >= 0.3 is 0 Å². The number of amides is 1. The molecule has 0 bridgehead atoms. The molecule has 154 valence electrons. The summed E-state index contributed by atoms with van der Waals surface area (Å²) < 4.78 is 5.28. The van der Waals surface area contributed by atoms with Crippen LogP contribution >= 0.6 is 0 Å². The van der Waals surface area contributed by atoms with Gasteiger partial charge in [-0.15, -0.1) is 0 Å². The van der Waals surface area contributed by atoms with Gasteiger partial charge in [0.15, 0.2) is 0 Å². The normalized spacial score (nSPS) is 17.6. The molecule has 4 rings (SSSR count). The van der Waals surface area contributed by atoms with E-state index in [1.165, 1.54) is 5.56 Å². The largest absolute Gasteiger partial charge is 0.497 e. The van der Waals surface area contributed by atoms with Crippen molar-refractivity contribution in [1.82, 2.24) is 10.3 Å². The number of hydrogen-bond acceptors (Lipinski definition) is 4. The lowest BCUT2D eigenvalue weighted by Gasteiger charge is -2.17. The Balaban J connectivity index is 1.30. The molecule has 1 saturated carbocycles. The number of carbonyl (C=O) groups is 1. The Morgan fingerprint density at radius 2 is 1.77 bits per heavy atom. The number of ether oxygens (including phenoxy) is 1. The molecule has 0 aromatic heterocycles. The van der Waals surface area contributed by atoms with Gasteiger partial charge in [-0.25, -0.2) is 5.01 Å². The Bertz CT molecular complexity index is 989. The van der Waals surface area contributed by atoms with E-state index in [9.17, 15) is 4.79 Å². The van der Waals surface area contributed by atoms with Crippen molar-refractivity contribution in [2.75, 3.05) is 7.11 Å². The number of hydrazine groups is 1. The highest BCUT2D eigenvalue weighted by molar-refractivity contribution is 5.94. The summed E-state index contributed by atoms with van der Waals surface area (Å²) in [4.78, 5) is 12.4. The SMILES string of the molecule is COc1cccc(CN(N)C2C[C@H]2c2ccc(C(=O)NCc3ccccc3)cc2)c1. The molecule has 0 spiro atoms. The lowest BCUT2D eigenvalue weighted by atomic mass is 10.1. The van der Waals surface area contributed by atoms with E-state index in [1.54, 1.807) is 7.11 Å². The van der Waals surface area contributed by atoms with Crippen LogP contribution in [0.25, 0.3) is 0 Å². The summed E-state index contributed by atoms with van der Waals surface area (Å²) in [7, 11) is 1.67. The highest BCUT2D eigenvalue weighted by Crippen LogP contribution is 2.44. The van der Waals surface area contributed by atoms with Gasteiger partial charge in [0.25, 0.3) is 5.91 Å². The van der Waals surface area contributed by atoms with Gasteiger partial charge in [-0.2, -0.15) is 0 Å². The van der Waals surface area contributed by atoms with Crippen molar-refractivity contribution in [2.45, 2.75) is 31.5 Å². The van der Waals surface area contributed by atoms with E-state index in [0.29, 0.717) is 30.6 Å². The van der Waals surface area contributed by atoms with Crippen LogP contribution in [0, 0.1) is 0 Å². The van der Waals surface area contributed by atoms with Crippen molar-refractivity contribution in [1.29, 1.82) is 0 Å². The second kappa shape index (κ2) is 9.11. The van der Waals surface area contributed by atoms with Crippen molar-refractivity contribution in [2.24, 2.45) is 5.84 Å². The third kappa shape index (κ3) is 4.87. The first-order chi connectivity index (χ1) is 14.6. The topological polar surface area (TPSA) is 67.6 Å². The molecule has 2 atom stereocenters. The Morgan fingerprint density at radius 3 is 2.50 bits per heavy atom. The summed E-state index contributed by atoms with van der Waals surface area (Å²) in [6, 6.07) is 26.1. The maximum atomic E-state index is 12.4. The molecule has 1 aliphatic carbocycles. The molecule has 5 nitrogen and oxygen atoms in total. The van der Waals surface area contributed by atoms with Crippen LogP contribution in [0.15, 0.2) is 78.9 Å². The van der Waals surface area contributed by atoms with E-state index in [1.807, 2.05) is 77.8 Å². The van der Waals surface area contributed by atoms with Gasteiger partial charge in [0, 0.05) is 30.6 Å². The van der Waals surface area contributed by atoms with Gasteiger partial charge in [0.2, 0.25) is 0 Å². The van der Waals surface area contributed by atoms with Crippen LogP contribution in [-0.2, 0) is 13.1 Å². The third-order valence-electron chi connectivity index (χ3n) is 5.58. The number of methoxy groups -OCH3 is 1. The highest BCUT2D eigenvalue weighted by Gasteiger charge is 2.41. The molecule has 0 heterocycles. The minimum absolute atomic E-state index is 0.0590. The first-order valence-electron chi connectivity index (χ1n) is 10.2. The van der Waals surface area contributed by atoms with Crippen molar-refractivity contribution >= 4 is 5.91 Å². The Labute approximate surface area is 177 Å². The number of rotatable bonds is 8. The summed E-state index contributed by atoms with van der Waals surface area (Å²) in [5.41, 5.74) is 4.11. The van der Waals surface area contributed by atoms with Gasteiger partial charge < -0.3 is 10.1 Å². The second-order valence-electron chi connectivity index (χ2n) is 7.72. The van der Waals surface area contributed by atoms with Gasteiger partial charge in [-0.05, 0) is 47.4 Å². The number of nitrogens with one attached hydrogen (secondary N) is 1. The summed E-state index contributed by atoms with van der Waals surface area (Å²) >= 11 is 0. The molecule has 0 aliphatic heterocycles. The second-order valence-corrected chi connectivity index (χ2v) is 7.72. The summed E-state index contributed by atoms with van der Waals surface area (Å²) in [6.45, 7) is 1.21. The fourth-order valence-electron chi connectivity index (χ4n) is 3.77. The monoisotopic (exact) mass is 401 g/mol. The number of nitrogens with zero attached hydrogens (tertiary/aromatic N) is 1. The van der Waals surface area contributed by atoms with Gasteiger partial charge in [-0.3, -0.25) is 10.6 Å².